The van der Waals surface area contributed by atoms with E-state index in [9.17, 15) is 17.8 Å². The van der Waals surface area contributed by atoms with E-state index in [1.807, 2.05) is 60.7 Å². The summed E-state index contributed by atoms with van der Waals surface area (Å²) in [5.41, 5.74) is 4.34. The molecule has 0 radical (unpaired) electrons. The molecule has 2 aliphatic rings. The SMILES string of the molecule is O=C1/C(=C/c2ccc(Cl)c(OCCCCCCS(=O)(=O)[O-])c2)N=C2C(Cc3ccccc3)=NC(c3ccccc3)=CN12.[Na+]. The number of carbonyl (C=O) groups excluding carboxylic acids is 1. The zero-order valence-corrected chi connectivity index (χ0v) is 27.4. The van der Waals surface area contributed by atoms with E-state index < -0.39 is 10.1 Å². The summed E-state index contributed by atoms with van der Waals surface area (Å²) in [5, 5.41) is 0.434. The number of ether oxygens (including phenoxy) is 1. The van der Waals surface area contributed by atoms with E-state index in [0.717, 1.165) is 17.5 Å². The van der Waals surface area contributed by atoms with Gasteiger partial charge < -0.3 is 9.29 Å². The van der Waals surface area contributed by atoms with E-state index in [2.05, 4.69) is 0 Å². The van der Waals surface area contributed by atoms with Crippen LogP contribution < -0.4 is 34.3 Å². The number of unbranched alkanes of at least 4 members (excludes halogenated alkanes) is 3. The van der Waals surface area contributed by atoms with Crippen LogP contribution in [-0.2, 0) is 21.3 Å². The van der Waals surface area contributed by atoms with E-state index in [1.54, 1.807) is 35.4 Å². The fourth-order valence-electron chi connectivity index (χ4n) is 4.65. The number of halogens is 1. The maximum absolute atomic E-state index is 13.6. The molecule has 3 aromatic rings. The third kappa shape index (κ3) is 8.98. The van der Waals surface area contributed by atoms with Gasteiger partial charge in [-0.2, -0.15) is 0 Å². The molecule has 43 heavy (non-hydrogen) atoms. The second kappa shape index (κ2) is 15.1. The molecule has 8 nitrogen and oxygen atoms in total. The molecule has 0 atom stereocenters. The Kier molecular flexibility index (Phi) is 11.5. The van der Waals surface area contributed by atoms with Gasteiger partial charge in [-0.05, 0) is 42.2 Å². The van der Waals surface area contributed by atoms with Crippen molar-refractivity contribution < 1.29 is 52.1 Å². The van der Waals surface area contributed by atoms with Crippen molar-refractivity contribution in [2.45, 2.75) is 32.1 Å². The standard InChI is InChI=1S/C32H30ClN3O5S.Na/c33-26-16-15-24(21-30(26)41-17-9-1-2-10-18-42(38,39)40)20-28-32(37)36-22-29(25-13-7-4-8-14-25)34-27(31(36)35-28)19-23-11-5-3-6-12-23;/h3-8,11-16,20-22H,1-2,9-10,17-19H2,(H,38,39,40);/q;+1/p-1/b28-20-;. The summed E-state index contributed by atoms with van der Waals surface area (Å²) >= 11 is 6.35. The molecule has 3 aromatic carbocycles. The van der Waals surface area contributed by atoms with Crippen LogP contribution in [0.1, 0.15) is 42.4 Å². The smallest absolute Gasteiger partial charge is 0.748 e. The summed E-state index contributed by atoms with van der Waals surface area (Å²) < 4.78 is 38.0. The molecule has 0 aliphatic carbocycles. The van der Waals surface area contributed by atoms with Gasteiger partial charge in [-0.1, -0.05) is 91.2 Å². The average Bonchev–Trinajstić information content (AvgIpc) is 3.29. The van der Waals surface area contributed by atoms with Crippen molar-refractivity contribution in [3.63, 3.8) is 0 Å². The van der Waals surface area contributed by atoms with Crippen molar-refractivity contribution in [1.29, 1.82) is 0 Å². The second-order valence-electron chi connectivity index (χ2n) is 9.96. The summed E-state index contributed by atoms with van der Waals surface area (Å²) in [7, 11) is -4.17. The predicted octanol–water partition coefficient (Wildman–Crippen LogP) is 3.11. The van der Waals surface area contributed by atoms with Gasteiger partial charge in [0.05, 0.1) is 33.2 Å². The number of hydrogen-bond donors (Lipinski definition) is 0. The molecule has 0 saturated carbocycles. The number of rotatable bonds is 12. The van der Waals surface area contributed by atoms with Gasteiger partial charge in [0.2, 0.25) is 0 Å². The Balaban J connectivity index is 0.00000423. The van der Waals surface area contributed by atoms with Gasteiger partial charge in [-0.25, -0.2) is 18.4 Å². The zero-order chi connectivity index (χ0) is 29.5. The summed E-state index contributed by atoms with van der Waals surface area (Å²) in [6, 6.07) is 24.9. The predicted molar refractivity (Wildman–Crippen MR) is 164 cm³/mol. The van der Waals surface area contributed by atoms with Gasteiger partial charge in [0, 0.05) is 23.9 Å². The van der Waals surface area contributed by atoms with Gasteiger partial charge in [0.1, 0.15) is 11.4 Å². The van der Waals surface area contributed by atoms with Gasteiger partial charge in [-0.15, -0.1) is 0 Å². The van der Waals surface area contributed by atoms with Crippen LogP contribution in [0.15, 0.2) is 101 Å². The molecule has 216 valence electrons. The Bertz CT molecular complexity index is 1690. The first kappa shape index (κ1) is 32.9. The molecular formula is C32H29ClN3NaO5S. The quantitative estimate of drug-likeness (QED) is 0.133. The molecule has 0 N–H and O–H groups in total. The molecule has 2 aliphatic heterocycles. The van der Waals surface area contributed by atoms with E-state index >= 15 is 0 Å². The van der Waals surface area contributed by atoms with Crippen molar-refractivity contribution >= 4 is 50.9 Å². The van der Waals surface area contributed by atoms with Crippen LogP contribution in [0.3, 0.4) is 0 Å². The summed E-state index contributed by atoms with van der Waals surface area (Å²) in [4.78, 5) is 24.7. The van der Waals surface area contributed by atoms with Crippen molar-refractivity contribution in [3.8, 4) is 5.75 Å². The van der Waals surface area contributed by atoms with Crippen LogP contribution in [-0.4, -0.2) is 47.7 Å². The fraction of sp³-hybridized carbons (Fsp3) is 0.219. The van der Waals surface area contributed by atoms with Crippen LogP contribution >= 0.6 is 11.6 Å². The van der Waals surface area contributed by atoms with Crippen LogP contribution in [0.5, 0.6) is 5.75 Å². The van der Waals surface area contributed by atoms with E-state index in [-0.39, 0.29) is 46.9 Å². The Morgan fingerprint density at radius 3 is 2.33 bits per heavy atom. The molecule has 0 bridgehead atoms. The Hall–Kier alpha value is -3.05. The average molecular weight is 626 g/mol. The number of benzene rings is 3. The molecule has 2 heterocycles. The minimum atomic E-state index is -4.17. The van der Waals surface area contributed by atoms with E-state index in [1.165, 1.54) is 0 Å². The third-order valence-electron chi connectivity index (χ3n) is 6.75. The number of amidine groups is 1. The van der Waals surface area contributed by atoms with Crippen molar-refractivity contribution in [1.82, 2.24) is 4.90 Å². The first-order valence-electron chi connectivity index (χ1n) is 13.7. The molecule has 0 aromatic heterocycles. The summed E-state index contributed by atoms with van der Waals surface area (Å²) in [5.74, 6) is 0.377. The van der Waals surface area contributed by atoms with Crippen LogP contribution in [0.2, 0.25) is 5.02 Å². The summed E-state index contributed by atoms with van der Waals surface area (Å²) in [6.45, 7) is 0.380. The maximum Gasteiger partial charge on any atom is 1.00 e. The first-order valence-corrected chi connectivity index (χ1v) is 15.6. The number of fused-ring (bicyclic) bond motifs is 1. The Morgan fingerprint density at radius 1 is 0.907 bits per heavy atom. The van der Waals surface area contributed by atoms with E-state index in [0.29, 0.717) is 65.9 Å². The number of nitrogens with zero attached hydrogens (tertiary/aromatic N) is 3. The molecule has 5 rings (SSSR count). The zero-order valence-electron chi connectivity index (χ0n) is 23.8. The number of aliphatic imine (C=N–C) groups is 2. The van der Waals surface area contributed by atoms with E-state index in [4.69, 9.17) is 26.3 Å². The van der Waals surface area contributed by atoms with Gasteiger partial charge >= 0.3 is 29.6 Å². The minimum Gasteiger partial charge on any atom is -0.748 e. The van der Waals surface area contributed by atoms with Crippen LogP contribution in [0, 0.1) is 0 Å². The summed E-state index contributed by atoms with van der Waals surface area (Å²) in [6.07, 6.45) is 6.33. The molecule has 11 heteroatoms. The van der Waals surface area contributed by atoms with Gasteiger partial charge in [0.25, 0.3) is 5.91 Å². The molecule has 1 amide bonds. The molecular weight excluding hydrogens is 597 g/mol. The third-order valence-corrected chi connectivity index (χ3v) is 7.85. The van der Waals surface area contributed by atoms with Gasteiger partial charge in [0.15, 0.2) is 5.84 Å². The first-order chi connectivity index (χ1) is 20.3. The maximum atomic E-state index is 13.6. The second-order valence-corrected chi connectivity index (χ2v) is 11.9. The van der Waals surface area contributed by atoms with Crippen molar-refractivity contribution in [3.05, 3.63) is 112 Å². The van der Waals surface area contributed by atoms with Crippen LogP contribution in [0.4, 0.5) is 0 Å². The monoisotopic (exact) mass is 625 g/mol. The van der Waals surface area contributed by atoms with Crippen LogP contribution in [0.25, 0.3) is 11.8 Å². The number of amides is 1. The van der Waals surface area contributed by atoms with Gasteiger partial charge in [-0.3, -0.25) is 9.69 Å². The normalized spacial score (nSPS) is 15.4. The number of carbonyl (C=O) groups is 1. The molecule has 0 fully saturated rings. The molecule has 0 saturated heterocycles. The Morgan fingerprint density at radius 2 is 1.60 bits per heavy atom. The topological polar surface area (TPSA) is 111 Å². The minimum absolute atomic E-state index is 0. The molecule has 0 spiro atoms. The molecule has 0 unspecified atom stereocenters. The number of hydrogen-bond acceptors (Lipinski definition) is 7. The fourth-order valence-corrected chi connectivity index (χ4v) is 5.38. The van der Waals surface area contributed by atoms with Crippen molar-refractivity contribution in [2.75, 3.05) is 12.4 Å². The largest absolute Gasteiger partial charge is 1.00 e. The van der Waals surface area contributed by atoms with Crippen molar-refractivity contribution in [2.24, 2.45) is 9.98 Å². The Labute approximate surface area is 278 Å².